The molecule has 0 amide bonds. The van der Waals surface area contributed by atoms with Gasteiger partial charge in [-0.2, -0.15) is 12.6 Å². The molecule has 0 spiro atoms. The molecule has 1 rings (SSSR count). The average Bonchev–Trinajstić information content (AvgIpc) is 2.80. The summed E-state index contributed by atoms with van der Waals surface area (Å²) in [7, 11) is 0. The average molecular weight is 276 g/mol. The molecule has 0 radical (unpaired) electrons. The summed E-state index contributed by atoms with van der Waals surface area (Å²) in [6, 6.07) is 0. The summed E-state index contributed by atoms with van der Waals surface area (Å²) in [5, 5.41) is 7.83. The molecule has 0 aromatic carbocycles. The lowest BCUT2D eigenvalue weighted by molar-refractivity contribution is 0.605. The van der Waals surface area contributed by atoms with Gasteiger partial charge >= 0.3 is 0 Å². The van der Waals surface area contributed by atoms with Gasteiger partial charge in [-0.25, -0.2) is 0 Å². The van der Waals surface area contributed by atoms with Crippen LogP contribution in [-0.2, 0) is 0 Å². The predicted molar refractivity (Wildman–Crippen MR) is 76.8 cm³/mol. The van der Waals surface area contributed by atoms with Crippen molar-refractivity contribution in [3.05, 3.63) is 5.51 Å². The zero-order chi connectivity index (χ0) is 11.5. The van der Waals surface area contributed by atoms with Crippen molar-refractivity contribution < 1.29 is 0 Å². The maximum atomic E-state index is 4.21. The summed E-state index contributed by atoms with van der Waals surface area (Å²) < 4.78 is 1.11. The van der Waals surface area contributed by atoms with Crippen LogP contribution in [0.4, 0.5) is 0 Å². The van der Waals surface area contributed by atoms with Gasteiger partial charge in [0, 0.05) is 5.75 Å². The van der Waals surface area contributed by atoms with Crippen LogP contribution in [0, 0.1) is 0 Å². The molecule has 5 heteroatoms. The van der Waals surface area contributed by atoms with Crippen LogP contribution in [-0.4, -0.2) is 21.7 Å². The first-order valence-corrected chi connectivity index (χ1v) is 8.43. The van der Waals surface area contributed by atoms with E-state index in [0.717, 1.165) is 10.1 Å². The van der Waals surface area contributed by atoms with Gasteiger partial charge < -0.3 is 0 Å². The zero-order valence-electron chi connectivity index (χ0n) is 9.60. The van der Waals surface area contributed by atoms with E-state index in [1.165, 1.54) is 50.7 Å². The number of rotatable bonds is 10. The van der Waals surface area contributed by atoms with Gasteiger partial charge in [0.15, 0.2) is 4.34 Å². The molecule has 92 valence electrons. The Hall–Kier alpha value is 0.260. The standard InChI is InChI=1S/C11H20N2S3/c14-8-6-4-2-1-3-5-7-9-15-11-13-12-10-16-11/h10,14H,1-9H2. The Labute approximate surface area is 112 Å². The van der Waals surface area contributed by atoms with E-state index in [-0.39, 0.29) is 0 Å². The SMILES string of the molecule is SCCCCCCCCCSc1nncs1. The zero-order valence-corrected chi connectivity index (χ0v) is 12.1. The Morgan fingerprint density at radius 2 is 1.75 bits per heavy atom. The Kier molecular flexibility index (Phi) is 9.32. The highest BCUT2D eigenvalue weighted by atomic mass is 32.2. The highest BCUT2D eigenvalue weighted by Gasteiger charge is 1.97. The maximum absolute atomic E-state index is 4.21. The summed E-state index contributed by atoms with van der Waals surface area (Å²) in [4.78, 5) is 0. The van der Waals surface area contributed by atoms with Gasteiger partial charge in [0.1, 0.15) is 5.51 Å². The lowest BCUT2D eigenvalue weighted by Crippen LogP contribution is -1.83. The second kappa shape index (κ2) is 10.4. The van der Waals surface area contributed by atoms with Gasteiger partial charge in [-0.3, -0.25) is 0 Å². The molecule has 0 unspecified atom stereocenters. The minimum Gasteiger partial charge on any atom is -0.179 e. The highest BCUT2D eigenvalue weighted by Crippen LogP contribution is 2.20. The normalized spacial score (nSPS) is 10.8. The first-order valence-electron chi connectivity index (χ1n) is 5.93. The van der Waals surface area contributed by atoms with Crippen LogP contribution in [0.2, 0.25) is 0 Å². The van der Waals surface area contributed by atoms with Crippen LogP contribution in [0.5, 0.6) is 0 Å². The molecule has 0 fully saturated rings. The lowest BCUT2D eigenvalue weighted by atomic mass is 10.1. The first-order chi connectivity index (χ1) is 7.93. The van der Waals surface area contributed by atoms with Gasteiger partial charge in [-0.15, -0.1) is 10.2 Å². The van der Waals surface area contributed by atoms with Crippen molar-refractivity contribution in [2.75, 3.05) is 11.5 Å². The van der Waals surface area contributed by atoms with Crippen LogP contribution in [0.15, 0.2) is 9.85 Å². The Balaban J connectivity index is 1.78. The second-order valence-corrected chi connectivity index (χ2v) is 6.37. The maximum Gasteiger partial charge on any atom is 0.174 e. The summed E-state index contributed by atoms with van der Waals surface area (Å²) in [6.45, 7) is 0. The third-order valence-electron chi connectivity index (χ3n) is 2.37. The predicted octanol–water partition coefficient (Wildman–Crippen LogP) is 4.29. The van der Waals surface area contributed by atoms with E-state index < -0.39 is 0 Å². The van der Waals surface area contributed by atoms with Crippen LogP contribution in [0.1, 0.15) is 44.9 Å². The molecule has 16 heavy (non-hydrogen) atoms. The second-order valence-electron chi connectivity index (χ2n) is 3.75. The molecule has 2 nitrogen and oxygen atoms in total. The fraction of sp³-hybridized carbons (Fsp3) is 0.818. The van der Waals surface area contributed by atoms with E-state index in [4.69, 9.17) is 0 Å². The molecule has 0 aliphatic heterocycles. The molecule has 1 aromatic heterocycles. The number of thiol groups is 1. The minimum atomic E-state index is 1.04. The Morgan fingerprint density at radius 3 is 2.38 bits per heavy atom. The minimum absolute atomic E-state index is 1.04. The van der Waals surface area contributed by atoms with Gasteiger partial charge in [0.25, 0.3) is 0 Å². The number of unbranched alkanes of at least 4 members (excludes halogenated alkanes) is 6. The molecule has 0 saturated carbocycles. The number of thioether (sulfide) groups is 1. The van der Waals surface area contributed by atoms with Crippen LogP contribution >= 0.6 is 35.7 Å². The number of hydrogen-bond acceptors (Lipinski definition) is 5. The number of hydrogen-bond donors (Lipinski definition) is 1. The van der Waals surface area contributed by atoms with Gasteiger partial charge in [0.2, 0.25) is 0 Å². The van der Waals surface area contributed by atoms with Crippen LogP contribution in [0.3, 0.4) is 0 Å². The number of nitrogens with zero attached hydrogens (tertiary/aromatic N) is 2. The van der Waals surface area contributed by atoms with E-state index in [1.54, 1.807) is 16.8 Å². The summed E-state index contributed by atoms with van der Waals surface area (Å²) >= 11 is 7.68. The van der Waals surface area contributed by atoms with Gasteiger partial charge in [0.05, 0.1) is 0 Å². The largest absolute Gasteiger partial charge is 0.179 e. The molecule has 1 heterocycles. The van der Waals surface area contributed by atoms with Crippen molar-refractivity contribution in [3.8, 4) is 0 Å². The van der Waals surface area contributed by atoms with Gasteiger partial charge in [-0.05, 0) is 18.6 Å². The fourth-order valence-electron chi connectivity index (χ4n) is 1.48. The summed E-state index contributed by atoms with van der Waals surface area (Å²) in [5.41, 5.74) is 1.80. The van der Waals surface area contributed by atoms with E-state index in [0.29, 0.717) is 0 Å². The van der Waals surface area contributed by atoms with E-state index in [2.05, 4.69) is 22.8 Å². The summed E-state index contributed by atoms with van der Waals surface area (Å²) in [6.07, 6.45) is 9.42. The van der Waals surface area contributed by atoms with Crippen molar-refractivity contribution in [1.82, 2.24) is 10.2 Å². The van der Waals surface area contributed by atoms with E-state index in [1.807, 2.05) is 11.8 Å². The van der Waals surface area contributed by atoms with Crippen LogP contribution < -0.4 is 0 Å². The van der Waals surface area contributed by atoms with Crippen molar-refractivity contribution >= 4 is 35.7 Å². The Bertz CT molecular complexity index is 239. The van der Waals surface area contributed by atoms with Crippen molar-refractivity contribution in [2.24, 2.45) is 0 Å². The topological polar surface area (TPSA) is 25.8 Å². The van der Waals surface area contributed by atoms with Crippen molar-refractivity contribution in [2.45, 2.75) is 49.3 Å². The molecule has 0 bridgehead atoms. The first kappa shape index (κ1) is 14.3. The molecular weight excluding hydrogens is 256 g/mol. The Morgan fingerprint density at radius 1 is 1.06 bits per heavy atom. The van der Waals surface area contributed by atoms with E-state index >= 15 is 0 Å². The molecule has 0 N–H and O–H groups in total. The molecule has 0 aliphatic carbocycles. The highest BCUT2D eigenvalue weighted by molar-refractivity contribution is 8.00. The monoisotopic (exact) mass is 276 g/mol. The molecule has 0 saturated heterocycles. The van der Waals surface area contributed by atoms with Crippen molar-refractivity contribution in [1.29, 1.82) is 0 Å². The molecule has 0 aliphatic rings. The molecule has 0 atom stereocenters. The third kappa shape index (κ3) is 7.52. The number of aromatic nitrogens is 2. The van der Waals surface area contributed by atoms with Crippen molar-refractivity contribution in [3.63, 3.8) is 0 Å². The summed E-state index contributed by atoms with van der Waals surface area (Å²) in [5.74, 6) is 2.23. The van der Waals surface area contributed by atoms with Gasteiger partial charge in [-0.1, -0.05) is 55.2 Å². The van der Waals surface area contributed by atoms with Crippen LogP contribution in [0.25, 0.3) is 0 Å². The lowest BCUT2D eigenvalue weighted by Gasteiger charge is -2.00. The molecular formula is C11H20N2S3. The fourth-order valence-corrected chi connectivity index (χ4v) is 3.26. The molecule has 1 aromatic rings. The smallest absolute Gasteiger partial charge is 0.174 e. The third-order valence-corrected chi connectivity index (χ3v) is 4.63. The quantitative estimate of drug-likeness (QED) is 0.392. The van der Waals surface area contributed by atoms with E-state index in [9.17, 15) is 0 Å².